The number of nitrogens with zero attached hydrogens (tertiary/aromatic N) is 2. The van der Waals surface area contributed by atoms with Crippen molar-refractivity contribution in [3.05, 3.63) is 48.5 Å². The van der Waals surface area contributed by atoms with Crippen LogP contribution in [0.1, 0.15) is 6.92 Å². The molecule has 3 rings (SSSR count). The zero-order valence-corrected chi connectivity index (χ0v) is 13.9. The first-order valence-corrected chi connectivity index (χ1v) is 8.06. The molecule has 2 aromatic carbocycles. The third kappa shape index (κ3) is 3.59. The van der Waals surface area contributed by atoms with E-state index in [0.29, 0.717) is 18.9 Å². The minimum atomic E-state index is -0.0416. The van der Waals surface area contributed by atoms with Crippen molar-refractivity contribution >= 4 is 0 Å². The molecule has 0 spiro atoms. The fourth-order valence-corrected chi connectivity index (χ4v) is 2.63. The van der Waals surface area contributed by atoms with Crippen LogP contribution in [0.5, 0.6) is 17.2 Å². The van der Waals surface area contributed by atoms with E-state index in [2.05, 4.69) is 5.10 Å². The molecule has 0 saturated heterocycles. The highest BCUT2D eigenvalue weighted by atomic mass is 16.5. The van der Waals surface area contributed by atoms with Crippen molar-refractivity contribution < 1.29 is 20.1 Å². The molecule has 1 heterocycles. The molecule has 0 bridgehead atoms. The molecule has 0 aliphatic rings. The lowest BCUT2D eigenvalue weighted by molar-refractivity contribution is 0.270. The molecule has 3 aromatic rings. The Morgan fingerprint density at radius 1 is 1.00 bits per heavy atom. The van der Waals surface area contributed by atoms with Gasteiger partial charge in [0.1, 0.15) is 5.75 Å². The number of aliphatic hydroxyl groups excluding tert-OH is 1. The highest BCUT2D eigenvalue weighted by Gasteiger charge is 2.13. The summed E-state index contributed by atoms with van der Waals surface area (Å²) in [6, 6.07) is 13.8. The van der Waals surface area contributed by atoms with Crippen LogP contribution in [0.3, 0.4) is 0 Å². The fourth-order valence-electron chi connectivity index (χ4n) is 2.63. The standard InChI is InChI=1S/C19H20N2O4/c1-2-25-19-11-14(5-8-18(19)24)17-12-16(20-21(17)9-10-22)13-3-6-15(23)7-4-13/h3-8,11-12,22-24H,2,9-10H2,1H3. The van der Waals surface area contributed by atoms with E-state index in [1.807, 2.05) is 13.0 Å². The number of aromatic nitrogens is 2. The van der Waals surface area contributed by atoms with Crippen LogP contribution >= 0.6 is 0 Å². The molecule has 25 heavy (non-hydrogen) atoms. The van der Waals surface area contributed by atoms with E-state index in [1.54, 1.807) is 47.1 Å². The first-order chi connectivity index (χ1) is 12.1. The average molecular weight is 340 g/mol. The smallest absolute Gasteiger partial charge is 0.161 e. The topological polar surface area (TPSA) is 87.7 Å². The van der Waals surface area contributed by atoms with Crippen LogP contribution in [0.4, 0.5) is 0 Å². The van der Waals surface area contributed by atoms with Gasteiger partial charge in [-0.1, -0.05) is 0 Å². The van der Waals surface area contributed by atoms with Gasteiger partial charge < -0.3 is 20.1 Å². The molecular weight excluding hydrogens is 320 g/mol. The Kier molecular flexibility index (Phi) is 4.90. The van der Waals surface area contributed by atoms with Crippen LogP contribution < -0.4 is 4.74 Å². The molecule has 0 aliphatic heterocycles. The molecule has 0 saturated carbocycles. The molecule has 1 aromatic heterocycles. The summed E-state index contributed by atoms with van der Waals surface area (Å²) in [4.78, 5) is 0. The monoisotopic (exact) mass is 340 g/mol. The second kappa shape index (κ2) is 7.27. The van der Waals surface area contributed by atoms with Gasteiger partial charge in [0.25, 0.3) is 0 Å². The molecule has 0 aliphatic carbocycles. The number of benzene rings is 2. The highest BCUT2D eigenvalue weighted by molar-refractivity contribution is 5.70. The summed E-state index contributed by atoms with van der Waals surface area (Å²) in [5.41, 5.74) is 3.22. The summed E-state index contributed by atoms with van der Waals surface area (Å²) < 4.78 is 7.16. The largest absolute Gasteiger partial charge is 0.508 e. The van der Waals surface area contributed by atoms with E-state index in [9.17, 15) is 15.3 Å². The highest BCUT2D eigenvalue weighted by Crippen LogP contribution is 2.33. The maximum absolute atomic E-state index is 9.88. The molecular formula is C19H20N2O4. The van der Waals surface area contributed by atoms with Crippen molar-refractivity contribution in [2.24, 2.45) is 0 Å². The fraction of sp³-hybridized carbons (Fsp3) is 0.211. The van der Waals surface area contributed by atoms with Crippen LogP contribution in [-0.2, 0) is 6.54 Å². The van der Waals surface area contributed by atoms with E-state index in [0.717, 1.165) is 22.5 Å². The van der Waals surface area contributed by atoms with Crippen molar-refractivity contribution in [2.75, 3.05) is 13.2 Å². The molecule has 6 heteroatoms. The number of rotatable bonds is 6. The zero-order chi connectivity index (χ0) is 17.8. The molecule has 0 atom stereocenters. The number of ether oxygens (including phenoxy) is 1. The maximum Gasteiger partial charge on any atom is 0.161 e. The van der Waals surface area contributed by atoms with E-state index in [1.165, 1.54) is 0 Å². The second-order valence-electron chi connectivity index (χ2n) is 5.52. The summed E-state index contributed by atoms with van der Waals surface area (Å²) >= 11 is 0. The number of aromatic hydroxyl groups is 2. The number of phenolic OH excluding ortho intramolecular Hbond substituents is 2. The SMILES string of the molecule is CCOc1cc(-c2cc(-c3ccc(O)cc3)nn2CCO)ccc1O. The van der Waals surface area contributed by atoms with Crippen molar-refractivity contribution in [2.45, 2.75) is 13.5 Å². The Labute approximate surface area is 145 Å². The summed E-state index contributed by atoms with van der Waals surface area (Å²) in [7, 11) is 0. The quantitative estimate of drug-likeness (QED) is 0.642. The van der Waals surface area contributed by atoms with Gasteiger partial charge in [-0.25, -0.2) is 0 Å². The van der Waals surface area contributed by atoms with Gasteiger partial charge in [0.15, 0.2) is 11.5 Å². The molecule has 0 radical (unpaired) electrons. The predicted molar refractivity (Wildman–Crippen MR) is 94.7 cm³/mol. The zero-order valence-electron chi connectivity index (χ0n) is 13.9. The van der Waals surface area contributed by atoms with Crippen LogP contribution in [0.15, 0.2) is 48.5 Å². The number of aliphatic hydroxyl groups is 1. The van der Waals surface area contributed by atoms with Crippen molar-refractivity contribution in [3.8, 4) is 39.8 Å². The van der Waals surface area contributed by atoms with Gasteiger partial charge >= 0.3 is 0 Å². The predicted octanol–water partition coefficient (Wildman–Crippen LogP) is 3.02. The summed E-state index contributed by atoms with van der Waals surface area (Å²) in [6.45, 7) is 2.61. The van der Waals surface area contributed by atoms with Crippen LogP contribution in [0.25, 0.3) is 22.5 Å². The van der Waals surface area contributed by atoms with Crippen LogP contribution in [-0.4, -0.2) is 38.3 Å². The molecule has 0 fully saturated rings. The average Bonchev–Trinajstić information content (AvgIpc) is 3.02. The van der Waals surface area contributed by atoms with E-state index in [4.69, 9.17) is 4.74 Å². The second-order valence-corrected chi connectivity index (χ2v) is 5.52. The summed E-state index contributed by atoms with van der Waals surface area (Å²) in [5.74, 6) is 0.680. The Morgan fingerprint density at radius 3 is 2.40 bits per heavy atom. The first-order valence-electron chi connectivity index (χ1n) is 8.06. The lowest BCUT2D eigenvalue weighted by Gasteiger charge is -2.09. The minimum absolute atomic E-state index is 0.0416. The van der Waals surface area contributed by atoms with Gasteiger partial charge in [-0.05, 0) is 55.5 Å². The van der Waals surface area contributed by atoms with E-state index >= 15 is 0 Å². The molecule has 6 nitrogen and oxygen atoms in total. The number of hydrogen-bond donors (Lipinski definition) is 3. The Morgan fingerprint density at radius 2 is 1.72 bits per heavy atom. The number of phenols is 2. The Balaban J connectivity index is 2.05. The van der Waals surface area contributed by atoms with Gasteiger partial charge in [-0.3, -0.25) is 4.68 Å². The summed E-state index contributed by atoms with van der Waals surface area (Å²) in [5, 5.41) is 33.2. The van der Waals surface area contributed by atoms with Gasteiger partial charge in [0.2, 0.25) is 0 Å². The molecule has 0 amide bonds. The van der Waals surface area contributed by atoms with E-state index < -0.39 is 0 Å². The van der Waals surface area contributed by atoms with E-state index in [-0.39, 0.29) is 18.1 Å². The number of hydrogen-bond acceptors (Lipinski definition) is 5. The van der Waals surface area contributed by atoms with Crippen molar-refractivity contribution in [1.82, 2.24) is 9.78 Å². The van der Waals surface area contributed by atoms with Crippen LogP contribution in [0, 0.1) is 0 Å². The van der Waals surface area contributed by atoms with Gasteiger partial charge in [-0.15, -0.1) is 0 Å². The van der Waals surface area contributed by atoms with Crippen LogP contribution in [0.2, 0.25) is 0 Å². The molecule has 130 valence electrons. The third-order valence-electron chi connectivity index (χ3n) is 3.81. The maximum atomic E-state index is 9.88. The third-order valence-corrected chi connectivity index (χ3v) is 3.81. The van der Waals surface area contributed by atoms with Gasteiger partial charge in [0, 0.05) is 11.1 Å². The van der Waals surface area contributed by atoms with Gasteiger partial charge in [0.05, 0.1) is 31.1 Å². The lowest BCUT2D eigenvalue weighted by atomic mass is 10.1. The lowest BCUT2D eigenvalue weighted by Crippen LogP contribution is -2.06. The van der Waals surface area contributed by atoms with Crippen molar-refractivity contribution in [3.63, 3.8) is 0 Å². The molecule has 3 N–H and O–H groups in total. The Hall–Kier alpha value is -2.99. The van der Waals surface area contributed by atoms with Gasteiger partial charge in [-0.2, -0.15) is 5.10 Å². The minimum Gasteiger partial charge on any atom is -0.508 e. The first kappa shape index (κ1) is 16.9. The molecule has 0 unspecified atom stereocenters. The van der Waals surface area contributed by atoms with Crippen molar-refractivity contribution in [1.29, 1.82) is 0 Å². The Bertz CT molecular complexity index is 856. The summed E-state index contributed by atoms with van der Waals surface area (Å²) in [6.07, 6.45) is 0. The normalized spacial score (nSPS) is 10.8.